The van der Waals surface area contributed by atoms with Crippen molar-refractivity contribution < 1.29 is 34.8 Å². The average molecular weight is 630 g/mol. The number of aryl methyl sites for hydroxylation is 1. The maximum absolute atomic E-state index is 11.6. The van der Waals surface area contributed by atoms with Crippen LogP contribution in [0.3, 0.4) is 0 Å². The number of anilines is 1. The Morgan fingerprint density at radius 3 is 1.91 bits per heavy atom. The molecule has 0 saturated carbocycles. The van der Waals surface area contributed by atoms with Crippen molar-refractivity contribution in [3.05, 3.63) is 93.9 Å². The zero-order valence-corrected chi connectivity index (χ0v) is 24.9. The Kier molecular flexibility index (Phi) is 8.86. The van der Waals surface area contributed by atoms with Crippen molar-refractivity contribution in [1.82, 2.24) is 15.3 Å². The molecule has 2 heterocycles. The van der Waals surface area contributed by atoms with E-state index in [9.17, 15) is 30.0 Å². The predicted octanol–water partition coefficient (Wildman–Crippen LogP) is 5.21. The lowest BCUT2D eigenvalue weighted by molar-refractivity contribution is 0.0682. The molecule has 0 saturated heterocycles. The maximum atomic E-state index is 11.6. The minimum absolute atomic E-state index is 0.0407. The highest BCUT2D eigenvalue weighted by Gasteiger charge is 2.22. The van der Waals surface area contributed by atoms with E-state index >= 15 is 0 Å². The number of nitrogens with one attached hydrogen (secondary N) is 2. The van der Waals surface area contributed by atoms with E-state index in [1.807, 2.05) is 0 Å². The number of carboxylic acid groups (broad SMARTS) is 2. The number of hydrogen-bond acceptors (Lipinski definition) is 10. The van der Waals surface area contributed by atoms with Gasteiger partial charge in [-0.1, -0.05) is 60.1 Å². The summed E-state index contributed by atoms with van der Waals surface area (Å²) in [7, 11) is 1.53. The van der Waals surface area contributed by atoms with Crippen molar-refractivity contribution >= 4 is 56.7 Å². The van der Waals surface area contributed by atoms with Crippen LogP contribution in [0.25, 0.3) is 21.5 Å². The number of aromatic carboxylic acids is 2. The fraction of sp³-hybridized carbons (Fsp3) is 0.156. The molecule has 0 bridgehead atoms. The molecule has 0 spiro atoms. The monoisotopic (exact) mass is 629 g/mol. The van der Waals surface area contributed by atoms with Gasteiger partial charge >= 0.3 is 11.9 Å². The van der Waals surface area contributed by atoms with Crippen LogP contribution in [0.4, 0.5) is 5.69 Å². The zero-order chi connectivity index (χ0) is 32.2. The van der Waals surface area contributed by atoms with Gasteiger partial charge < -0.3 is 35.8 Å². The Balaban J connectivity index is 0.000000211. The zero-order valence-electron chi connectivity index (χ0n) is 24.1. The number of methoxy groups -OCH3 is 1. The highest BCUT2D eigenvalue weighted by molar-refractivity contribution is 6.32. The highest BCUT2D eigenvalue weighted by atomic mass is 35.5. The Bertz CT molecular complexity index is 1900. The maximum Gasteiger partial charge on any atom is 0.339 e. The summed E-state index contributed by atoms with van der Waals surface area (Å²) in [5, 5.41) is 49.2. The molecule has 0 unspecified atom stereocenters. The molecule has 45 heavy (non-hydrogen) atoms. The summed E-state index contributed by atoms with van der Waals surface area (Å²) in [5.74, 6) is -1.72. The van der Waals surface area contributed by atoms with E-state index in [1.54, 1.807) is 55.5 Å². The number of nitrogens with zero attached hydrogens (tertiary/aromatic N) is 3. The van der Waals surface area contributed by atoms with Crippen molar-refractivity contribution in [1.29, 1.82) is 0 Å². The number of carbonyl (C=O) groups is 2. The van der Waals surface area contributed by atoms with Gasteiger partial charge in [-0.3, -0.25) is 4.99 Å². The van der Waals surface area contributed by atoms with Gasteiger partial charge in [-0.25, -0.2) is 14.6 Å². The van der Waals surface area contributed by atoms with Gasteiger partial charge in [0.25, 0.3) is 0 Å². The van der Waals surface area contributed by atoms with Crippen LogP contribution < -0.4 is 15.4 Å². The average Bonchev–Trinajstić information content (AvgIpc) is 3.54. The SMILES string of the molecule is COc1nc(C)nc(Cl)c1NC1=NCCN1.O=C(O)c1cc2ccccc2c(Cc2c(O)c(C(=O)O)cc3ccccc23)c1O. The molecule has 6 N–H and O–H groups in total. The second-order valence-electron chi connectivity index (χ2n) is 9.96. The molecule has 1 aromatic heterocycles. The summed E-state index contributed by atoms with van der Waals surface area (Å²) >= 11 is 6.02. The molecule has 0 amide bonds. The minimum atomic E-state index is -1.28. The first-order chi connectivity index (χ1) is 21.6. The molecule has 1 aliphatic heterocycles. The number of aliphatic imine (C=N–C) groups is 1. The van der Waals surface area contributed by atoms with Crippen LogP contribution in [0.5, 0.6) is 17.4 Å². The van der Waals surface area contributed by atoms with Gasteiger partial charge in [0.1, 0.15) is 34.1 Å². The van der Waals surface area contributed by atoms with Crippen LogP contribution in [0.1, 0.15) is 37.7 Å². The van der Waals surface area contributed by atoms with Gasteiger partial charge in [0.2, 0.25) is 5.88 Å². The Morgan fingerprint density at radius 1 is 0.911 bits per heavy atom. The third-order valence-corrected chi connectivity index (χ3v) is 7.40. The van der Waals surface area contributed by atoms with Crippen molar-refractivity contribution in [3.8, 4) is 17.4 Å². The van der Waals surface area contributed by atoms with Crippen LogP contribution in [-0.2, 0) is 6.42 Å². The number of phenols is 2. The number of carboxylic acids is 2. The fourth-order valence-corrected chi connectivity index (χ4v) is 5.30. The summed E-state index contributed by atoms with van der Waals surface area (Å²) in [6, 6.07) is 16.8. The van der Waals surface area contributed by atoms with E-state index in [2.05, 4.69) is 25.6 Å². The van der Waals surface area contributed by atoms with Crippen LogP contribution in [0, 0.1) is 6.92 Å². The molecule has 13 heteroatoms. The van der Waals surface area contributed by atoms with Gasteiger partial charge in [-0.2, -0.15) is 4.98 Å². The number of aromatic hydroxyl groups is 2. The van der Waals surface area contributed by atoms with E-state index in [1.165, 1.54) is 19.2 Å². The fourth-order valence-electron chi connectivity index (χ4n) is 5.05. The van der Waals surface area contributed by atoms with E-state index in [-0.39, 0.29) is 17.5 Å². The number of benzene rings is 4. The molecule has 12 nitrogen and oxygen atoms in total. The van der Waals surface area contributed by atoms with Gasteiger partial charge in [0, 0.05) is 24.1 Å². The third kappa shape index (κ3) is 6.36. The number of guanidine groups is 1. The smallest absolute Gasteiger partial charge is 0.339 e. The molecule has 0 radical (unpaired) electrons. The van der Waals surface area contributed by atoms with Crippen molar-refractivity contribution in [2.24, 2.45) is 4.99 Å². The van der Waals surface area contributed by atoms with Gasteiger partial charge in [0.05, 0.1) is 13.7 Å². The number of rotatable bonds is 6. The normalized spacial score (nSPS) is 12.2. The van der Waals surface area contributed by atoms with Crippen LogP contribution >= 0.6 is 11.6 Å². The van der Waals surface area contributed by atoms with Gasteiger partial charge in [0.15, 0.2) is 11.1 Å². The Hall–Kier alpha value is -5.62. The molecular formula is C32H28ClN5O7. The number of aromatic nitrogens is 2. The van der Waals surface area contributed by atoms with Crippen molar-refractivity contribution in [2.45, 2.75) is 13.3 Å². The lowest BCUT2D eigenvalue weighted by Gasteiger charge is -2.16. The highest BCUT2D eigenvalue weighted by Crippen LogP contribution is 2.38. The number of hydrogen-bond donors (Lipinski definition) is 6. The first-order valence-electron chi connectivity index (χ1n) is 13.7. The first-order valence-corrected chi connectivity index (χ1v) is 14.0. The molecule has 0 aliphatic carbocycles. The summed E-state index contributed by atoms with van der Waals surface area (Å²) in [6.07, 6.45) is -0.0407. The van der Waals surface area contributed by atoms with E-state index in [0.29, 0.717) is 61.2 Å². The third-order valence-electron chi connectivity index (χ3n) is 7.12. The van der Waals surface area contributed by atoms with Gasteiger partial charge in [-0.15, -0.1) is 0 Å². The molecule has 230 valence electrons. The van der Waals surface area contributed by atoms with Crippen molar-refractivity contribution in [2.75, 3.05) is 25.5 Å². The largest absolute Gasteiger partial charge is 0.507 e. The molecule has 6 rings (SSSR count). The molecule has 0 atom stereocenters. The molecular weight excluding hydrogens is 602 g/mol. The molecule has 4 aromatic carbocycles. The minimum Gasteiger partial charge on any atom is -0.507 e. The Labute approximate surface area is 261 Å². The standard InChI is InChI=1S/C23H16O6.C9H12ClN5O/c24-20-16(14-7-3-1-5-12(14)9-18(20)22(26)27)11-17-15-8-4-2-6-13(15)10-19(21(17)25)23(28)29;1-5-13-7(10)6(8(14-5)16-2)15-9-11-3-4-12-9/h1-10,24-25H,11H2,(H,26,27)(H,28,29);3-4H2,1-2H3,(H2,11,12,15). The second-order valence-corrected chi connectivity index (χ2v) is 10.3. The summed E-state index contributed by atoms with van der Waals surface area (Å²) in [5.41, 5.74) is 0.642. The van der Waals surface area contributed by atoms with Gasteiger partial charge in [-0.05, 0) is 40.6 Å². The van der Waals surface area contributed by atoms with E-state index < -0.39 is 23.4 Å². The number of halogens is 1. The number of fused-ring (bicyclic) bond motifs is 2. The summed E-state index contributed by atoms with van der Waals surface area (Å²) in [6.45, 7) is 3.31. The lowest BCUT2D eigenvalue weighted by atomic mass is 9.90. The van der Waals surface area contributed by atoms with Crippen molar-refractivity contribution in [3.63, 3.8) is 0 Å². The molecule has 1 aliphatic rings. The predicted molar refractivity (Wildman–Crippen MR) is 170 cm³/mol. The lowest BCUT2D eigenvalue weighted by Crippen LogP contribution is -2.26. The summed E-state index contributed by atoms with van der Waals surface area (Å²) in [4.78, 5) is 35.6. The second kappa shape index (κ2) is 12.9. The van der Waals surface area contributed by atoms with E-state index in [4.69, 9.17) is 16.3 Å². The summed E-state index contributed by atoms with van der Waals surface area (Å²) < 4.78 is 5.14. The molecule has 0 fully saturated rings. The quantitative estimate of drug-likeness (QED) is 0.135. The topological polar surface area (TPSA) is 186 Å². The molecule has 5 aromatic rings. The Morgan fingerprint density at radius 2 is 1.44 bits per heavy atom. The van der Waals surface area contributed by atoms with Crippen LogP contribution in [-0.4, -0.2) is 68.5 Å². The first kappa shape index (κ1) is 30.8. The van der Waals surface area contributed by atoms with E-state index in [0.717, 1.165) is 13.1 Å². The number of ether oxygens (including phenoxy) is 1. The van der Waals surface area contributed by atoms with Crippen LogP contribution in [0.15, 0.2) is 65.7 Å². The van der Waals surface area contributed by atoms with Crippen LogP contribution in [0.2, 0.25) is 5.15 Å².